The molecule has 130 valence electrons. The van der Waals surface area contributed by atoms with E-state index in [-0.39, 0.29) is 0 Å². The van der Waals surface area contributed by atoms with Crippen molar-refractivity contribution in [2.24, 2.45) is 0 Å². The zero-order chi connectivity index (χ0) is 17.8. The summed E-state index contributed by atoms with van der Waals surface area (Å²) in [5, 5.41) is 0. The van der Waals surface area contributed by atoms with E-state index < -0.39 is 53.8 Å². The van der Waals surface area contributed by atoms with Gasteiger partial charge in [0, 0.05) is 22.5 Å². The number of rotatable bonds is 3. The molecule has 0 saturated heterocycles. The Bertz CT molecular complexity index is 468. The lowest BCUT2D eigenvalue weighted by Crippen LogP contribution is -2.42. The lowest BCUT2D eigenvalue weighted by molar-refractivity contribution is -0.219. The maximum absolute atomic E-state index is 11.6. The predicted molar refractivity (Wildman–Crippen MR) is 46.7 cm³/mol. The van der Waals surface area contributed by atoms with Gasteiger partial charge in [0.05, 0.1) is 0 Å². The second kappa shape index (κ2) is 7.72. The Morgan fingerprint density at radius 2 is 1.14 bits per heavy atom. The van der Waals surface area contributed by atoms with E-state index in [1.165, 1.54) is 0 Å². The van der Waals surface area contributed by atoms with Gasteiger partial charge in [-0.05, 0) is 3.12 Å². The first-order valence-corrected chi connectivity index (χ1v) is 7.11. The van der Waals surface area contributed by atoms with Crippen LogP contribution >= 0.6 is 0 Å². The van der Waals surface area contributed by atoms with Crippen LogP contribution in [0.4, 0.5) is 35.1 Å². The van der Waals surface area contributed by atoms with Crippen LogP contribution in [0.25, 0.3) is 0 Å². The maximum atomic E-state index is 11.6. The smallest absolute Gasteiger partial charge is 0.513 e. The third-order valence-electron chi connectivity index (χ3n) is 0.980. The molecule has 0 N–H and O–H groups in total. The van der Waals surface area contributed by atoms with E-state index in [1.54, 1.807) is 0 Å². The SMILES string of the molecule is FC(F)C(F)(F)F.O=S([O-])N(S(=O)[O-])S(=O)(=O)C(F)(F)F. The Hall–Kier alpha value is -0.430. The number of nitrogens with zero attached hydrogens (tertiary/aromatic N) is 1. The zero-order valence-electron chi connectivity index (χ0n) is 8.72. The second-order valence-corrected chi connectivity index (χ2v) is 6.49. The molecular formula is C3HF8NO6S3-2. The summed E-state index contributed by atoms with van der Waals surface area (Å²) in [6.07, 6.45) is -9.53. The van der Waals surface area contributed by atoms with Gasteiger partial charge < -0.3 is 9.11 Å². The molecule has 0 amide bonds. The summed E-state index contributed by atoms with van der Waals surface area (Å²) < 4.78 is 145. The summed E-state index contributed by atoms with van der Waals surface area (Å²) >= 11 is -8.17. The van der Waals surface area contributed by atoms with Gasteiger partial charge in [0.1, 0.15) is 0 Å². The van der Waals surface area contributed by atoms with Crippen molar-refractivity contribution < 1.29 is 61.1 Å². The summed E-state index contributed by atoms with van der Waals surface area (Å²) in [5.41, 5.74) is -6.01. The normalized spacial score (nSPS) is 16.4. The molecule has 0 rings (SSSR count). The van der Waals surface area contributed by atoms with Gasteiger partial charge in [-0.15, -0.1) is 0 Å². The van der Waals surface area contributed by atoms with Crippen molar-refractivity contribution >= 4 is 32.6 Å². The van der Waals surface area contributed by atoms with Gasteiger partial charge >= 0.3 is 28.1 Å². The minimum absolute atomic E-state index is 1.72. The van der Waals surface area contributed by atoms with Gasteiger partial charge in [-0.25, -0.2) is 17.2 Å². The van der Waals surface area contributed by atoms with Crippen molar-refractivity contribution in [2.45, 2.75) is 18.1 Å². The fourth-order valence-corrected chi connectivity index (χ4v) is 2.65. The van der Waals surface area contributed by atoms with Crippen molar-refractivity contribution in [3.05, 3.63) is 0 Å². The van der Waals surface area contributed by atoms with Gasteiger partial charge in [-0.1, -0.05) is 0 Å². The number of hydrogen-bond donors (Lipinski definition) is 0. The van der Waals surface area contributed by atoms with E-state index >= 15 is 0 Å². The largest absolute Gasteiger partial charge is 0.758 e. The van der Waals surface area contributed by atoms with Gasteiger partial charge in [-0.3, -0.25) is 8.42 Å². The zero-order valence-corrected chi connectivity index (χ0v) is 11.2. The quantitative estimate of drug-likeness (QED) is 0.509. The van der Waals surface area contributed by atoms with Crippen LogP contribution in [0.1, 0.15) is 0 Å². The predicted octanol–water partition coefficient (Wildman–Crippen LogP) is 0.540. The molecule has 18 heteroatoms. The summed E-state index contributed by atoms with van der Waals surface area (Å²) in [5.74, 6) is 0. The van der Waals surface area contributed by atoms with Crippen LogP contribution in [0.3, 0.4) is 0 Å². The second-order valence-electron chi connectivity index (χ2n) is 2.42. The molecule has 0 aliphatic heterocycles. The molecule has 0 aromatic carbocycles. The molecule has 0 saturated carbocycles. The van der Waals surface area contributed by atoms with Crippen molar-refractivity contribution in [1.29, 1.82) is 0 Å². The van der Waals surface area contributed by atoms with Gasteiger partial charge in [0.2, 0.25) is 0 Å². The maximum Gasteiger partial charge on any atom is 0.513 e. The minimum Gasteiger partial charge on any atom is -0.758 e. The van der Waals surface area contributed by atoms with Crippen LogP contribution < -0.4 is 0 Å². The molecule has 2 unspecified atom stereocenters. The molecule has 2 atom stereocenters. The van der Waals surface area contributed by atoms with Crippen molar-refractivity contribution in [3.63, 3.8) is 0 Å². The third kappa shape index (κ3) is 7.40. The molecule has 0 bridgehead atoms. The first-order chi connectivity index (χ1) is 8.96. The highest BCUT2D eigenvalue weighted by Gasteiger charge is 2.51. The molecule has 0 spiro atoms. The Morgan fingerprint density at radius 1 is 0.905 bits per heavy atom. The lowest BCUT2D eigenvalue weighted by atomic mass is 10.7. The summed E-state index contributed by atoms with van der Waals surface area (Å²) in [7, 11) is -6.43. The highest BCUT2D eigenvalue weighted by atomic mass is 32.3. The fourth-order valence-electron chi connectivity index (χ4n) is 0.294. The lowest BCUT2D eigenvalue weighted by Gasteiger charge is -2.25. The molecule has 0 fully saturated rings. The van der Waals surface area contributed by atoms with Crippen molar-refractivity contribution in [3.8, 4) is 0 Å². The monoisotopic (exact) mass is 395 g/mol. The average molecular weight is 395 g/mol. The first kappa shape index (κ1) is 22.8. The van der Waals surface area contributed by atoms with Gasteiger partial charge in [0.15, 0.2) is 0 Å². The molecule has 0 heterocycles. The average Bonchev–Trinajstić information content (AvgIpc) is 2.12. The molecule has 0 aliphatic rings. The van der Waals surface area contributed by atoms with Crippen LogP contribution in [-0.2, 0) is 32.6 Å². The van der Waals surface area contributed by atoms with Crippen LogP contribution in [0, 0.1) is 0 Å². The van der Waals surface area contributed by atoms with E-state index in [0.717, 1.165) is 0 Å². The van der Waals surface area contributed by atoms with E-state index in [9.17, 15) is 61.1 Å². The number of alkyl halides is 8. The Kier molecular flexibility index (Phi) is 8.40. The van der Waals surface area contributed by atoms with E-state index in [0.29, 0.717) is 0 Å². The number of sulfonamides is 1. The summed E-state index contributed by atoms with van der Waals surface area (Å²) in [6, 6.07) is 0. The Balaban J connectivity index is 0. The highest BCUT2D eigenvalue weighted by Crippen LogP contribution is 2.28. The van der Waals surface area contributed by atoms with E-state index in [1.807, 2.05) is 0 Å². The van der Waals surface area contributed by atoms with Crippen molar-refractivity contribution in [2.75, 3.05) is 0 Å². The van der Waals surface area contributed by atoms with Crippen LogP contribution in [0.5, 0.6) is 0 Å². The fraction of sp³-hybridized carbons (Fsp3) is 1.00. The van der Waals surface area contributed by atoms with Crippen LogP contribution in [-0.4, -0.2) is 47.2 Å². The number of halogens is 8. The molecular weight excluding hydrogens is 394 g/mol. The highest BCUT2D eigenvalue weighted by molar-refractivity contribution is 8.11. The molecule has 21 heavy (non-hydrogen) atoms. The van der Waals surface area contributed by atoms with Crippen molar-refractivity contribution in [1.82, 2.24) is 3.12 Å². The van der Waals surface area contributed by atoms with E-state index in [4.69, 9.17) is 0 Å². The van der Waals surface area contributed by atoms with Crippen LogP contribution in [0.2, 0.25) is 0 Å². The topological polar surface area (TPSA) is 118 Å². The molecule has 0 aromatic heterocycles. The van der Waals surface area contributed by atoms with Crippen LogP contribution in [0.15, 0.2) is 0 Å². The molecule has 0 aromatic rings. The Labute approximate surface area is 115 Å². The minimum atomic E-state index is -6.43. The number of hydrogen-bond acceptors (Lipinski definition) is 6. The summed E-state index contributed by atoms with van der Waals surface area (Å²) in [6.45, 7) is 0. The van der Waals surface area contributed by atoms with Gasteiger partial charge in [-0.2, -0.15) is 26.3 Å². The molecule has 0 aliphatic carbocycles. The Morgan fingerprint density at radius 3 is 1.19 bits per heavy atom. The summed E-state index contributed by atoms with van der Waals surface area (Å²) in [4.78, 5) is 0. The third-order valence-corrected chi connectivity index (χ3v) is 5.08. The molecule has 7 nitrogen and oxygen atoms in total. The first-order valence-electron chi connectivity index (χ1n) is 3.61. The van der Waals surface area contributed by atoms with Gasteiger partial charge in [0.25, 0.3) is 0 Å². The molecule has 0 radical (unpaired) electrons. The standard InChI is InChI=1S/C2HF5.CH2F3NO6S3/c3-1(4)2(5,6)7;2-1(3,4)14(10,11)5(12(6)7)13(8)9/h1H;(H,6,7)(H,8,9)/p-2. The van der Waals surface area contributed by atoms with E-state index in [2.05, 4.69) is 0 Å².